The normalized spacial score (nSPS) is 13.6. The van der Waals surface area contributed by atoms with Gasteiger partial charge in [0, 0.05) is 30.2 Å². The number of hydrogen-bond acceptors (Lipinski definition) is 6. The van der Waals surface area contributed by atoms with Crippen molar-refractivity contribution in [1.82, 2.24) is 0 Å². The van der Waals surface area contributed by atoms with Crippen LogP contribution in [-0.4, -0.2) is 52.0 Å². The van der Waals surface area contributed by atoms with E-state index in [4.69, 9.17) is 30.5 Å². The first-order chi connectivity index (χ1) is 14.6. The van der Waals surface area contributed by atoms with E-state index in [1.807, 2.05) is 19.9 Å². The smallest absolute Gasteiger partial charge is 0.262 e. The van der Waals surface area contributed by atoms with Crippen LogP contribution in [0.2, 0.25) is 5.02 Å². The van der Waals surface area contributed by atoms with E-state index in [0.29, 0.717) is 54.4 Å². The van der Waals surface area contributed by atoms with Crippen molar-refractivity contribution in [2.45, 2.75) is 13.8 Å². The van der Waals surface area contributed by atoms with Crippen LogP contribution in [0.3, 0.4) is 0 Å². The number of nitrogens with one attached hydrogen (secondary N) is 1. The maximum Gasteiger partial charge on any atom is 0.262 e. The lowest BCUT2D eigenvalue weighted by molar-refractivity contribution is -0.118. The van der Waals surface area contributed by atoms with Crippen LogP contribution in [0.15, 0.2) is 36.4 Å². The summed E-state index contributed by atoms with van der Waals surface area (Å²) in [5.41, 5.74) is 1.47. The average Bonchev–Trinajstić information content (AvgIpc) is 2.76. The number of hydrogen-bond donors (Lipinski definition) is 1. The molecular weight excluding hydrogens is 408 g/mol. The summed E-state index contributed by atoms with van der Waals surface area (Å²) in [6.07, 6.45) is 0. The van der Waals surface area contributed by atoms with Crippen LogP contribution in [0.4, 0.5) is 11.4 Å². The van der Waals surface area contributed by atoms with E-state index in [-0.39, 0.29) is 12.5 Å². The Morgan fingerprint density at radius 2 is 1.70 bits per heavy atom. The topological polar surface area (TPSA) is 69.3 Å². The van der Waals surface area contributed by atoms with Crippen molar-refractivity contribution in [1.29, 1.82) is 0 Å². The van der Waals surface area contributed by atoms with Gasteiger partial charge in [-0.25, -0.2) is 0 Å². The number of carbonyl (C=O) groups is 1. The first kappa shape index (κ1) is 22.1. The summed E-state index contributed by atoms with van der Waals surface area (Å²) in [7, 11) is 0. The van der Waals surface area contributed by atoms with Gasteiger partial charge in [-0.05, 0) is 38.1 Å². The highest BCUT2D eigenvalue weighted by Crippen LogP contribution is 2.39. The molecule has 0 radical (unpaired) electrons. The van der Waals surface area contributed by atoms with E-state index in [0.717, 1.165) is 18.8 Å². The molecular formula is C22H27ClN2O5. The Hall–Kier alpha value is -2.64. The Labute approximate surface area is 181 Å². The van der Waals surface area contributed by atoms with Crippen molar-refractivity contribution in [3.63, 3.8) is 0 Å². The fourth-order valence-corrected chi connectivity index (χ4v) is 3.24. The molecule has 1 aliphatic heterocycles. The van der Waals surface area contributed by atoms with Gasteiger partial charge in [-0.1, -0.05) is 11.6 Å². The molecule has 0 unspecified atom stereocenters. The molecule has 3 rings (SSSR count). The van der Waals surface area contributed by atoms with E-state index in [9.17, 15) is 4.79 Å². The molecule has 0 aliphatic carbocycles. The molecule has 30 heavy (non-hydrogen) atoms. The summed E-state index contributed by atoms with van der Waals surface area (Å²) >= 11 is 5.87. The van der Waals surface area contributed by atoms with Crippen LogP contribution in [0, 0.1) is 0 Å². The van der Waals surface area contributed by atoms with Crippen LogP contribution >= 0.6 is 11.6 Å². The molecule has 0 spiro atoms. The van der Waals surface area contributed by atoms with Gasteiger partial charge in [-0.15, -0.1) is 0 Å². The number of nitrogens with zero attached hydrogens (tertiary/aromatic N) is 1. The molecule has 0 aromatic heterocycles. The molecule has 1 N–H and O–H groups in total. The van der Waals surface area contributed by atoms with Gasteiger partial charge >= 0.3 is 0 Å². The largest absolute Gasteiger partial charge is 0.492 e. The monoisotopic (exact) mass is 434 g/mol. The minimum Gasteiger partial charge on any atom is -0.492 e. The average molecular weight is 435 g/mol. The lowest BCUT2D eigenvalue weighted by Crippen LogP contribution is -2.36. The molecule has 1 saturated heterocycles. The maximum atomic E-state index is 12.5. The Kier molecular flexibility index (Phi) is 8.04. The summed E-state index contributed by atoms with van der Waals surface area (Å²) in [4.78, 5) is 14.7. The summed E-state index contributed by atoms with van der Waals surface area (Å²) in [5, 5.41) is 3.48. The molecule has 2 aromatic rings. The minimum atomic E-state index is -0.299. The van der Waals surface area contributed by atoms with E-state index in [2.05, 4.69) is 10.2 Å². The number of morpholine rings is 1. The van der Waals surface area contributed by atoms with E-state index < -0.39 is 0 Å². The van der Waals surface area contributed by atoms with Crippen molar-refractivity contribution in [3.05, 3.63) is 41.4 Å². The van der Waals surface area contributed by atoms with E-state index >= 15 is 0 Å². The van der Waals surface area contributed by atoms with Gasteiger partial charge in [0.2, 0.25) is 0 Å². The Morgan fingerprint density at radius 1 is 1.03 bits per heavy atom. The highest BCUT2D eigenvalue weighted by Gasteiger charge is 2.20. The lowest BCUT2D eigenvalue weighted by Gasteiger charge is -2.31. The molecule has 1 amide bonds. The zero-order valence-electron chi connectivity index (χ0n) is 17.3. The lowest BCUT2D eigenvalue weighted by atomic mass is 10.2. The molecule has 1 heterocycles. The van der Waals surface area contributed by atoms with Gasteiger partial charge in [-0.2, -0.15) is 0 Å². The highest BCUT2D eigenvalue weighted by molar-refractivity contribution is 6.30. The summed E-state index contributed by atoms with van der Waals surface area (Å²) < 4.78 is 22.6. The fourth-order valence-electron chi connectivity index (χ4n) is 3.11. The third kappa shape index (κ3) is 5.93. The Balaban J connectivity index is 1.76. The standard InChI is InChI=1S/C22H27ClN2O5/c1-3-28-20-14-19(25-9-11-27-12-10-25)21(29-4-2)13-18(20)24-22(26)15-30-17-7-5-16(23)6-8-17/h5-8,13-14H,3-4,9-12,15H2,1-2H3,(H,24,26). The zero-order valence-corrected chi connectivity index (χ0v) is 18.0. The van der Waals surface area contributed by atoms with Crippen molar-refractivity contribution in [3.8, 4) is 17.2 Å². The van der Waals surface area contributed by atoms with Gasteiger partial charge in [0.25, 0.3) is 5.91 Å². The minimum absolute atomic E-state index is 0.137. The first-order valence-corrected chi connectivity index (χ1v) is 10.4. The van der Waals surface area contributed by atoms with Gasteiger partial charge in [0.1, 0.15) is 17.2 Å². The molecule has 0 bridgehead atoms. The molecule has 0 atom stereocenters. The van der Waals surface area contributed by atoms with Crippen LogP contribution in [-0.2, 0) is 9.53 Å². The van der Waals surface area contributed by atoms with Crippen molar-refractivity contribution < 1.29 is 23.7 Å². The second-order valence-corrected chi connectivity index (χ2v) is 7.01. The summed E-state index contributed by atoms with van der Waals surface area (Å²) in [6, 6.07) is 10.6. The van der Waals surface area contributed by atoms with Gasteiger partial charge < -0.3 is 29.2 Å². The van der Waals surface area contributed by atoms with Crippen LogP contribution in [0.5, 0.6) is 17.2 Å². The third-order valence-corrected chi connectivity index (χ3v) is 4.72. The maximum absolute atomic E-state index is 12.5. The van der Waals surface area contributed by atoms with E-state index in [1.165, 1.54) is 0 Å². The van der Waals surface area contributed by atoms with Crippen molar-refractivity contribution in [2.75, 3.05) is 56.3 Å². The van der Waals surface area contributed by atoms with Gasteiger partial charge in [0.15, 0.2) is 6.61 Å². The third-order valence-electron chi connectivity index (χ3n) is 4.47. The Morgan fingerprint density at radius 3 is 2.37 bits per heavy atom. The van der Waals surface area contributed by atoms with Crippen LogP contribution in [0.1, 0.15) is 13.8 Å². The number of halogens is 1. The molecule has 2 aromatic carbocycles. The molecule has 8 heteroatoms. The van der Waals surface area contributed by atoms with Crippen molar-refractivity contribution in [2.24, 2.45) is 0 Å². The predicted molar refractivity (Wildman–Crippen MR) is 117 cm³/mol. The summed E-state index contributed by atoms with van der Waals surface area (Å²) in [5.74, 6) is 1.55. The number of anilines is 2. The number of carbonyl (C=O) groups excluding carboxylic acids is 1. The second kappa shape index (κ2) is 10.9. The first-order valence-electron chi connectivity index (χ1n) is 10.0. The van der Waals surface area contributed by atoms with Crippen LogP contribution < -0.4 is 24.4 Å². The molecule has 1 aliphatic rings. The SMILES string of the molecule is CCOc1cc(N2CCOCC2)c(OCC)cc1NC(=O)COc1ccc(Cl)cc1. The molecule has 7 nitrogen and oxygen atoms in total. The fraction of sp³-hybridized carbons (Fsp3) is 0.409. The van der Waals surface area contributed by atoms with Gasteiger partial charge in [0.05, 0.1) is 37.8 Å². The predicted octanol–water partition coefficient (Wildman–Crippen LogP) is 3.99. The zero-order chi connectivity index (χ0) is 21.3. The number of rotatable bonds is 9. The Bertz CT molecular complexity index is 838. The molecule has 1 fully saturated rings. The number of ether oxygens (including phenoxy) is 4. The van der Waals surface area contributed by atoms with Crippen molar-refractivity contribution >= 4 is 28.9 Å². The molecule has 0 saturated carbocycles. The summed E-state index contributed by atoms with van der Waals surface area (Å²) in [6.45, 7) is 7.55. The number of benzene rings is 2. The van der Waals surface area contributed by atoms with E-state index in [1.54, 1.807) is 30.3 Å². The second-order valence-electron chi connectivity index (χ2n) is 6.57. The quantitative estimate of drug-likeness (QED) is 0.643. The highest BCUT2D eigenvalue weighted by atomic mass is 35.5. The number of amides is 1. The van der Waals surface area contributed by atoms with Crippen LogP contribution in [0.25, 0.3) is 0 Å². The van der Waals surface area contributed by atoms with Gasteiger partial charge in [-0.3, -0.25) is 4.79 Å². The molecule has 162 valence electrons.